The SMILES string of the molecule is O=S(=O)(Oc1ccc(C2COC(c3c(F)cccc3F)=N2)cc1)c1cccc2ccccc12. The molecule has 166 valence electrons. The van der Waals surface area contributed by atoms with Gasteiger partial charge in [-0.15, -0.1) is 0 Å². The molecule has 0 spiro atoms. The highest BCUT2D eigenvalue weighted by molar-refractivity contribution is 7.87. The molecule has 5 nitrogen and oxygen atoms in total. The lowest BCUT2D eigenvalue weighted by Crippen LogP contribution is -2.10. The van der Waals surface area contributed by atoms with E-state index < -0.39 is 27.8 Å². The largest absolute Gasteiger partial charge is 0.475 e. The Hall–Kier alpha value is -3.78. The summed E-state index contributed by atoms with van der Waals surface area (Å²) >= 11 is 0. The first kappa shape index (κ1) is 21.1. The minimum atomic E-state index is -4.06. The highest BCUT2D eigenvalue weighted by Gasteiger charge is 2.26. The van der Waals surface area contributed by atoms with Crippen molar-refractivity contribution >= 4 is 26.8 Å². The number of aliphatic imine (C=N–C) groups is 1. The van der Waals surface area contributed by atoms with Crippen LogP contribution in [0.2, 0.25) is 0 Å². The first-order valence-electron chi connectivity index (χ1n) is 10.1. The maximum absolute atomic E-state index is 14.0. The number of fused-ring (bicyclic) bond motifs is 1. The maximum atomic E-state index is 14.0. The van der Waals surface area contributed by atoms with Gasteiger partial charge in [0, 0.05) is 5.39 Å². The van der Waals surface area contributed by atoms with Crippen LogP contribution in [0.4, 0.5) is 8.78 Å². The molecule has 1 aliphatic rings. The number of hydrogen-bond acceptors (Lipinski definition) is 5. The van der Waals surface area contributed by atoms with Gasteiger partial charge >= 0.3 is 10.1 Å². The van der Waals surface area contributed by atoms with Gasteiger partial charge in [0.25, 0.3) is 0 Å². The summed E-state index contributed by atoms with van der Waals surface area (Å²) < 4.78 is 64.5. The third-order valence-electron chi connectivity index (χ3n) is 5.32. The minimum absolute atomic E-state index is 0.0787. The first-order chi connectivity index (χ1) is 15.9. The van der Waals surface area contributed by atoms with Gasteiger partial charge in [-0.3, -0.25) is 0 Å². The summed E-state index contributed by atoms with van der Waals surface area (Å²) in [6.07, 6.45) is 0. The lowest BCUT2D eigenvalue weighted by Gasteiger charge is -2.11. The monoisotopic (exact) mass is 465 g/mol. The third kappa shape index (κ3) is 4.05. The van der Waals surface area contributed by atoms with Crippen LogP contribution in [0.3, 0.4) is 0 Å². The molecule has 1 aliphatic heterocycles. The summed E-state index contributed by atoms with van der Waals surface area (Å²) in [5, 5.41) is 1.36. The normalized spacial score (nSPS) is 15.8. The number of ether oxygens (including phenoxy) is 1. The van der Waals surface area contributed by atoms with Crippen molar-refractivity contribution in [3.8, 4) is 5.75 Å². The highest BCUT2D eigenvalue weighted by Crippen LogP contribution is 2.30. The van der Waals surface area contributed by atoms with Gasteiger partial charge < -0.3 is 8.92 Å². The van der Waals surface area contributed by atoms with Crippen LogP contribution in [0.25, 0.3) is 10.8 Å². The summed E-state index contributed by atoms with van der Waals surface area (Å²) in [4.78, 5) is 4.37. The molecule has 0 radical (unpaired) electrons. The Balaban J connectivity index is 1.38. The summed E-state index contributed by atoms with van der Waals surface area (Å²) in [5.74, 6) is -1.47. The summed E-state index contributed by atoms with van der Waals surface area (Å²) in [6, 6.07) is 21.5. The Bertz CT molecular complexity index is 1460. The van der Waals surface area contributed by atoms with Crippen LogP contribution < -0.4 is 4.18 Å². The highest BCUT2D eigenvalue weighted by atomic mass is 32.2. The average Bonchev–Trinajstić information content (AvgIpc) is 3.28. The zero-order valence-corrected chi connectivity index (χ0v) is 17.9. The average molecular weight is 465 g/mol. The van der Waals surface area contributed by atoms with Crippen molar-refractivity contribution < 1.29 is 26.1 Å². The van der Waals surface area contributed by atoms with Crippen molar-refractivity contribution in [2.75, 3.05) is 6.61 Å². The summed E-state index contributed by atoms with van der Waals surface area (Å²) in [5.41, 5.74) is 0.387. The van der Waals surface area contributed by atoms with Crippen LogP contribution in [0, 0.1) is 11.6 Å². The van der Waals surface area contributed by atoms with Crippen molar-refractivity contribution in [1.29, 1.82) is 0 Å². The van der Waals surface area contributed by atoms with E-state index in [9.17, 15) is 17.2 Å². The molecule has 33 heavy (non-hydrogen) atoms. The topological polar surface area (TPSA) is 65.0 Å². The fourth-order valence-corrected chi connectivity index (χ4v) is 4.87. The molecular weight excluding hydrogens is 448 g/mol. The molecule has 0 bridgehead atoms. The van der Waals surface area contributed by atoms with Gasteiger partial charge in [-0.2, -0.15) is 8.42 Å². The second kappa shape index (κ2) is 8.29. The van der Waals surface area contributed by atoms with Crippen LogP contribution >= 0.6 is 0 Å². The predicted molar refractivity (Wildman–Crippen MR) is 120 cm³/mol. The molecule has 0 N–H and O–H groups in total. The molecule has 1 atom stereocenters. The number of benzene rings is 4. The Morgan fingerprint density at radius 3 is 2.27 bits per heavy atom. The fourth-order valence-electron chi connectivity index (χ4n) is 3.71. The van der Waals surface area contributed by atoms with Crippen molar-refractivity contribution in [2.24, 2.45) is 4.99 Å². The molecule has 0 aromatic heterocycles. The Kier molecular flexibility index (Phi) is 5.30. The number of nitrogens with zero attached hydrogens (tertiary/aromatic N) is 1. The lowest BCUT2D eigenvalue weighted by molar-refractivity contribution is 0.317. The molecule has 1 heterocycles. The molecule has 4 aromatic carbocycles. The number of hydrogen-bond donors (Lipinski definition) is 0. The van der Waals surface area contributed by atoms with Gasteiger partial charge in [-0.05, 0) is 41.3 Å². The van der Waals surface area contributed by atoms with Crippen LogP contribution in [0.5, 0.6) is 5.75 Å². The molecule has 0 saturated carbocycles. The van der Waals surface area contributed by atoms with Gasteiger partial charge in [0.05, 0.1) is 0 Å². The van der Waals surface area contributed by atoms with E-state index in [1.165, 1.54) is 24.3 Å². The number of rotatable bonds is 5. The van der Waals surface area contributed by atoms with Crippen LogP contribution in [0.1, 0.15) is 17.2 Å². The van der Waals surface area contributed by atoms with E-state index in [2.05, 4.69) is 4.99 Å². The Morgan fingerprint density at radius 1 is 0.848 bits per heavy atom. The smallest absolute Gasteiger partial charge is 0.339 e. The molecule has 0 saturated heterocycles. The molecule has 0 aliphatic carbocycles. The van der Waals surface area contributed by atoms with Crippen LogP contribution in [0.15, 0.2) is 94.8 Å². The molecule has 4 aromatic rings. The van der Waals surface area contributed by atoms with Crippen molar-refractivity contribution in [3.63, 3.8) is 0 Å². The van der Waals surface area contributed by atoms with E-state index in [-0.39, 0.29) is 28.7 Å². The van der Waals surface area contributed by atoms with Gasteiger partial charge in [0.2, 0.25) is 5.90 Å². The van der Waals surface area contributed by atoms with Crippen LogP contribution in [-0.4, -0.2) is 20.9 Å². The maximum Gasteiger partial charge on any atom is 0.339 e. The van der Waals surface area contributed by atoms with E-state index in [0.29, 0.717) is 10.9 Å². The van der Waals surface area contributed by atoms with E-state index in [4.69, 9.17) is 8.92 Å². The zero-order chi connectivity index (χ0) is 23.0. The standard InChI is InChI=1S/C25H17F2NO4S/c26-20-8-4-9-21(27)24(20)25-28-22(15-31-25)17-11-13-18(14-12-17)32-33(29,30)23-10-3-6-16-5-1-2-7-19(16)23/h1-14,22H,15H2. The quantitative estimate of drug-likeness (QED) is 0.370. The van der Waals surface area contributed by atoms with E-state index in [0.717, 1.165) is 17.5 Å². The molecular formula is C25H17F2NO4S. The first-order valence-corrected chi connectivity index (χ1v) is 11.5. The van der Waals surface area contributed by atoms with E-state index in [1.54, 1.807) is 30.3 Å². The molecule has 1 unspecified atom stereocenters. The fraction of sp³-hybridized carbons (Fsp3) is 0.0800. The van der Waals surface area contributed by atoms with Crippen molar-refractivity contribution in [1.82, 2.24) is 0 Å². The number of halogens is 2. The van der Waals surface area contributed by atoms with Gasteiger partial charge in [0.15, 0.2) is 0 Å². The van der Waals surface area contributed by atoms with Gasteiger partial charge in [-0.25, -0.2) is 13.8 Å². The summed E-state index contributed by atoms with van der Waals surface area (Å²) in [7, 11) is -4.06. The minimum Gasteiger partial charge on any atom is -0.475 e. The van der Waals surface area contributed by atoms with Crippen molar-refractivity contribution in [3.05, 3.63) is 108 Å². The Labute approximate surface area is 189 Å². The summed E-state index contributed by atoms with van der Waals surface area (Å²) in [6.45, 7) is 0.109. The van der Waals surface area contributed by atoms with Crippen LogP contribution in [-0.2, 0) is 14.9 Å². The second-order valence-electron chi connectivity index (χ2n) is 7.44. The van der Waals surface area contributed by atoms with E-state index >= 15 is 0 Å². The Morgan fingerprint density at radius 2 is 1.52 bits per heavy atom. The van der Waals surface area contributed by atoms with Gasteiger partial charge in [-0.1, -0.05) is 54.6 Å². The van der Waals surface area contributed by atoms with E-state index in [1.807, 2.05) is 18.2 Å². The van der Waals surface area contributed by atoms with Crippen molar-refractivity contribution in [2.45, 2.75) is 10.9 Å². The molecule has 0 fully saturated rings. The lowest BCUT2D eigenvalue weighted by atomic mass is 10.1. The van der Waals surface area contributed by atoms with Gasteiger partial charge in [0.1, 0.15) is 40.5 Å². The zero-order valence-electron chi connectivity index (χ0n) is 17.1. The second-order valence-corrected chi connectivity index (χ2v) is 8.96. The predicted octanol–water partition coefficient (Wildman–Crippen LogP) is 5.40. The molecule has 0 amide bonds. The molecule has 5 rings (SSSR count). The third-order valence-corrected chi connectivity index (χ3v) is 6.62. The molecule has 8 heteroatoms.